The van der Waals surface area contributed by atoms with E-state index in [1.165, 1.54) is 35.4 Å². The van der Waals surface area contributed by atoms with Gasteiger partial charge in [-0.3, -0.25) is 24.0 Å². The molecule has 0 unspecified atom stereocenters. The first-order chi connectivity index (χ1) is 11.3. The predicted octanol–water partition coefficient (Wildman–Crippen LogP) is 0.663. The molecule has 0 saturated heterocycles. The number of rotatable bonds is 3. The van der Waals surface area contributed by atoms with Crippen molar-refractivity contribution in [2.45, 2.75) is 6.54 Å². The van der Waals surface area contributed by atoms with Gasteiger partial charge in [0.2, 0.25) is 5.28 Å². The molecule has 0 N–H and O–H groups in total. The van der Waals surface area contributed by atoms with E-state index in [-0.39, 0.29) is 80.1 Å². The van der Waals surface area contributed by atoms with Gasteiger partial charge in [0.15, 0.2) is 11.2 Å². The van der Waals surface area contributed by atoms with Crippen LogP contribution in [0.15, 0.2) is 33.9 Å². The molecule has 1 aromatic carbocycles. The smallest absolute Gasteiger partial charge is 0.304 e. The average molecular weight is 389 g/mol. The number of nitro groups is 1. The Kier molecular flexibility index (Phi) is 6.02. The molecule has 0 amide bonds. The van der Waals surface area contributed by atoms with Gasteiger partial charge in [0.05, 0.1) is 11.5 Å². The van der Waals surface area contributed by atoms with Crippen molar-refractivity contribution in [3.8, 4) is 0 Å². The maximum atomic E-state index is 12.4. The van der Waals surface area contributed by atoms with Gasteiger partial charge in [0, 0.05) is 77.6 Å². The molecule has 25 heavy (non-hydrogen) atoms. The van der Waals surface area contributed by atoms with Crippen molar-refractivity contribution in [3.63, 3.8) is 0 Å². The predicted molar refractivity (Wildman–Crippen MR) is 93.2 cm³/mol. The van der Waals surface area contributed by atoms with Crippen LogP contribution < -0.4 is 11.2 Å². The van der Waals surface area contributed by atoms with Crippen LogP contribution in [-0.2, 0) is 20.6 Å². The standard InChI is InChI=1S/C14H12ClN5O4.K/c1-17-11-10(12(21)18(2)14(17)22)19(13(15)16-11)7-8-4-3-5-9(6-8)20(23)24;/h3-6H,7H2,1-2H3;. The van der Waals surface area contributed by atoms with Crippen molar-refractivity contribution in [1.82, 2.24) is 18.7 Å². The number of aromatic nitrogens is 4. The minimum Gasteiger partial charge on any atom is -0.304 e. The summed E-state index contributed by atoms with van der Waals surface area (Å²) in [6, 6.07) is 6.00. The van der Waals surface area contributed by atoms with Crippen LogP contribution >= 0.6 is 11.6 Å². The maximum absolute atomic E-state index is 12.4. The molecular weight excluding hydrogens is 377 g/mol. The molecule has 0 aliphatic carbocycles. The summed E-state index contributed by atoms with van der Waals surface area (Å²) in [6.45, 7) is 0.116. The quantitative estimate of drug-likeness (QED) is 0.284. The summed E-state index contributed by atoms with van der Waals surface area (Å²) in [5.74, 6) is 0. The van der Waals surface area contributed by atoms with Crippen LogP contribution in [0.2, 0.25) is 5.28 Å². The summed E-state index contributed by atoms with van der Waals surface area (Å²) in [6.07, 6.45) is 0. The number of non-ortho nitro benzene ring substituents is 1. The minimum atomic E-state index is -0.530. The molecule has 9 nitrogen and oxygen atoms in total. The molecule has 3 aromatic rings. The number of nitrogens with zero attached hydrogens (tertiary/aromatic N) is 5. The summed E-state index contributed by atoms with van der Waals surface area (Å²) in [7, 11) is 2.86. The van der Waals surface area contributed by atoms with Crippen molar-refractivity contribution in [2.24, 2.45) is 14.1 Å². The maximum Gasteiger partial charge on any atom is 0.332 e. The van der Waals surface area contributed by atoms with Crippen LogP contribution in [0.3, 0.4) is 0 Å². The zero-order valence-corrected chi connectivity index (χ0v) is 17.6. The van der Waals surface area contributed by atoms with Crippen molar-refractivity contribution in [1.29, 1.82) is 0 Å². The average Bonchev–Trinajstić information content (AvgIpc) is 2.88. The van der Waals surface area contributed by atoms with E-state index in [1.54, 1.807) is 12.1 Å². The van der Waals surface area contributed by atoms with Gasteiger partial charge in [-0.1, -0.05) is 12.1 Å². The molecular formula is C14H12ClKN5O4. The van der Waals surface area contributed by atoms with Gasteiger partial charge < -0.3 is 4.57 Å². The Hall–Kier alpha value is -1.30. The Labute approximate surface area is 188 Å². The second kappa shape index (κ2) is 7.52. The van der Waals surface area contributed by atoms with E-state index in [1.807, 2.05) is 0 Å². The zero-order valence-electron chi connectivity index (χ0n) is 13.8. The van der Waals surface area contributed by atoms with Gasteiger partial charge >= 0.3 is 5.69 Å². The number of benzene rings is 1. The number of imidazole rings is 1. The third-order valence-corrected chi connectivity index (χ3v) is 4.05. The van der Waals surface area contributed by atoms with Crippen LogP contribution in [0, 0.1) is 10.1 Å². The third kappa shape index (κ3) is 3.50. The Morgan fingerprint density at radius 3 is 2.56 bits per heavy atom. The molecule has 0 saturated carbocycles. The van der Waals surface area contributed by atoms with Gasteiger partial charge in [-0.2, -0.15) is 4.98 Å². The molecule has 11 heteroatoms. The summed E-state index contributed by atoms with van der Waals surface area (Å²) in [5, 5.41) is 10.9. The summed E-state index contributed by atoms with van der Waals surface area (Å²) < 4.78 is 3.62. The fourth-order valence-electron chi connectivity index (χ4n) is 2.52. The Balaban J connectivity index is 0.00000225. The summed E-state index contributed by atoms with van der Waals surface area (Å²) in [5.41, 5.74) is -0.189. The number of fused-ring (bicyclic) bond motifs is 1. The molecule has 0 atom stereocenters. The third-order valence-electron chi connectivity index (χ3n) is 3.76. The van der Waals surface area contributed by atoms with E-state index in [9.17, 15) is 19.7 Å². The van der Waals surface area contributed by atoms with E-state index in [0.29, 0.717) is 5.56 Å². The van der Waals surface area contributed by atoms with Crippen molar-refractivity contribution >= 4 is 79.8 Å². The SMILES string of the molecule is Cn1c(=O)c2c(nc(Cl)n2Cc2cccc([N+](=O)[O-])c2)n(C)c1=O.[K]. The molecule has 1 radical (unpaired) electrons. The molecule has 3 rings (SSSR count). The summed E-state index contributed by atoms with van der Waals surface area (Å²) >= 11 is 6.12. The van der Waals surface area contributed by atoms with Crippen LogP contribution in [0.5, 0.6) is 0 Å². The molecule has 0 aliphatic rings. The molecule has 0 bridgehead atoms. The first kappa shape index (κ1) is 20.0. The van der Waals surface area contributed by atoms with E-state index >= 15 is 0 Å². The van der Waals surface area contributed by atoms with Gasteiger partial charge in [-0.25, -0.2) is 4.79 Å². The number of halogens is 1. The number of hydrogen-bond donors (Lipinski definition) is 0. The Bertz CT molecular complexity index is 1100. The van der Waals surface area contributed by atoms with Crippen LogP contribution in [0.4, 0.5) is 5.69 Å². The minimum absolute atomic E-state index is 0. The van der Waals surface area contributed by atoms with Gasteiger partial charge in [0.25, 0.3) is 11.2 Å². The van der Waals surface area contributed by atoms with Gasteiger partial charge in [-0.05, 0) is 17.2 Å². The molecule has 2 heterocycles. The van der Waals surface area contributed by atoms with E-state index in [0.717, 1.165) is 4.57 Å². The first-order valence-electron chi connectivity index (χ1n) is 6.86. The number of hydrogen-bond acceptors (Lipinski definition) is 5. The van der Waals surface area contributed by atoms with Crippen LogP contribution in [0.25, 0.3) is 11.2 Å². The van der Waals surface area contributed by atoms with E-state index in [4.69, 9.17) is 11.6 Å². The van der Waals surface area contributed by atoms with Crippen molar-refractivity contribution in [3.05, 3.63) is 66.1 Å². The second-order valence-corrected chi connectivity index (χ2v) is 5.61. The number of nitro benzene ring substituents is 1. The van der Waals surface area contributed by atoms with Crippen molar-refractivity contribution in [2.75, 3.05) is 0 Å². The summed E-state index contributed by atoms with van der Waals surface area (Å²) in [4.78, 5) is 38.8. The Morgan fingerprint density at radius 1 is 1.24 bits per heavy atom. The first-order valence-corrected chi connectivity index (χ1v) is 7.24. The normalized spacial score (nSPS) is 10.7. The zero-order chi connectivity index (χ0) is 17.6. The fraction of sp³-hybridized carbons (Fsp3) is 0.214. The monoisotopic (exact) mass is 388 g/mol. The van der Waals surface area contributed by atoms with Gasteiger partial charge in [0.1, 0.15) is 0 Å². The van der Waals surface area contributed by atoms with Crippen molar-refractivity contribution < 1.29 is 4.92 Å². The Morgan fingerprint density at radius 2 is 1.92 bits per heavy atom. The number of aryl methyl sites for hydroxylation is 1. The molecule has 0 fully saturated rings. The topological polar surface area (TPSA) is 105 Å². The van der Waals surface area contributed by atoms with Crippen LogP contribution in [0.1, 0.15) is 5.56 Å². The second-order valence-electron chi connectivity index (χ2n) is 5.27. The van der Waals surface area contributed by atoms with E-state index < -0.39 is 16.2 Å². The molecule has 125 valence electrons. The molecule has 0 aliphatic heterocycles. The molecule has 0 spiro atoms. The fourth-order valence-corrected chi connectivity index (χ4v) is 2.74. The largest absolute Gasteiger partial charge is 0.332 e. The van der Waals surface area contributed by atoms with Crippen LogP contribution in [-0.4, -0.2) is 75.0 Å². The molecule has 2 aromatic heterocycles. The van der Waals surface area contributed by atoms with Gasteiger partial charge in [-0.15, -0.1) is 0 Å². The van der Waals surface area contributed by atoms with E-state index in [2.05, 4.69) is 4.98 Å².